The fourth-order valence-corrected chi connectivity index (χ4v) is 3.21. The lowest BCUT2D eigenvalue weighted by molar-refractivity contribution is -0.146. The Balaban J connectivity index is 1.78. The highest BCUT2D eigenvalue weighted by atomic mass is 35.5. The second kappa shape index (κ2) is 4.86. The van der Waals surface area contributed by atoms with Crippen molar-refractivity contribution in [3.8, 4) is 0 Å². The SMILES string of the molecule is O=C(O)[C@@H]1C2C=CC(C2)[C@@H]1C(=O)Nc1ccc(Cl)nn1. The average Bonchev–Trinajstić information content (AvgIpc) is 3.01. The van der Waals surface area contributed by atoms with E-state index in [9.17, 15) is 14.7 Å². The zero-order valence-corrected chi connectivity index (χ0v) is 11.1. The monoisotopic (exact) mass is 293 g/mol. The third kappa shape index (κ3) is 2.16. The van der Waals surface area contributed by atoms with Crippen LogP contribution in [0.3, 0.4) is 0 Å². The van der Waals surface area contributed by atoms with Gasteiger partial charge in [0.1, 0.15) is 0 Å². The van der Waals surface area contributed by atoms with E-state index in [0.717, 1.165) is 6.42 Å². The number of amides is 1. The minimum Gasteiger partial charge on any atom is -0.481 e. The van der Waals surface area contributed by atoms with Crippen molar-refractivity contribution < 1.29 is 14.7 Å². The summed E-state index contributed by atoms with van der Waals surface area (Å²) in [4.78, 5) is 23.6. The first-order valence-electron chi connectivity index (χ1n) is 6.27. The molecule has 0 radical (unpaired) electrons. The largest absolute Gasteiger partial charge is 0.481 e. The first kappa shape index (κ1) is 13.1. The smallest absolute Gasteiger partial charge is 0.307 e. The summed E-state index contributed by atoms with van der Waals surface area (Å²) in [7, 11) is 0. The molecule has 1 aromatic rings. The highest BCUT2D eigenvalue weighted by Gasteiger charge is 2.51. The van der Waals surface area contributed by atoms with Gasteiger partial charge in [-0.2, -0.15) is 0 Å². The van der Waals surface area contributed by atoms with Crippen LogP contribution in [0.2, 0.25) is 5.15 Å². The summed E-state index contributed by atoms with van der Waals surface area (Å²) in [6.45, 7) is 0. The molecule has 6 nitrogen and oxygen atoms in total. The number of halogens is 1. The molecule has 7 heteroatoms. The summed E-state index contributed by atoms with van der Waals surface area (Å²) < 4.78 is 0. The number of aliphatic carboxylic acids is 1. The topological polar surface area (TPSA) is 92.2 Å². The Labute approximate surface area is 119 Å². The maximum atomic E-state index is 12.3. The Kier molecular flexibility index (Phi) is 3.17. The molecule has 0 spiro atoms. The van der Waals surface area contributed by atoms with Crippen molar-refractivity contribution >= 4 is 29.3 Å². The molecule has 2 unspecified atom stereocenters. The summed E-state index contributed by atoms with van der Waals surface area (Å²) in [5, 5.41) is 19.5. The molecule has 0 saturated heterocycles. The lowest BCUT2D eigenvalue weighted by Gasteiger charge is -2.23. The van der Waals surface area contributed by atoms with Gasteiger partial charge in [-0.05, 0) is 30.4 Å². The van der Waals surface area contributed by atoms with Gasteiger partial charge in [-0.25, -0.2) is 0 Å². The zero-order chi connectivity index (χ0) is 14.3. The Morgan fingerprint density at radius 3 is 2.50 bits per heavy atom. The molecule has 1 amide bonds. The van der Waals surface area contributed by atoms with Crippen molar-refractivity contribution in [1.29, 1.82) is 0 Å². The predicted molar refractivity (Wildman–Crippen MR) is 71.0 cm³/mol. The van der Waals surface area contributed by atoms with Gasteiger partial charge in [-0.3, -0.25) is 9.59 Å². The third-order valence-corrected chi connectivity index (χ3v) is 4.13. The van der Waals surface area contributed by atoms with Crippen LogP contribution in [-0.4, -0.2) is 27.2 Å². The van der Waals surface area contributed by atoms with Gasteiger partial charge in [-0.15, -0.1) is 10.2 Å². The van der Waals surface area contributed by atoms with E-state index >= 15 is 0 Å². The summed E-state index contributed by atoms with van der Waals surface area (Å²) in [6, 6.07) is 3.05. The van der Waals surface area contributed by atoms with Crippen LogP contribution in [0.15, 0.2) is 24.3 Å². The molecule has 0 aromatic carbocycles. The van der Waals surface area contributed by atoms with Crippen molar-refractivity contribution in [2.24, 2.45) is 23.7 Å². The number of hydrogen-bond donors (Lipinski definition) is 2. The molecule has 4 atom stereocenters. The molecule has 1 aromatic heterocycles. The number of carbonyl (C=O) groups is 2. The van der Waals surface area contributed by atoms with Crippen LogP contribution >= 0.6 is 11.6 Å². The van der Waals surface area contributed by atoms with Crippen LogP contribution in [0.5, 0.6) is 0 Å². The third-order valence-electron chi connectivity index (χ3n) is 3.93. The van der Waals surface area contributed by atoms with E-state index in [1.807, 2.05) is 12.2 Å². The second-order valence-electron chi connectivity index (χ2n) is 5.07. The normalized spacial score (nSPS) is 30.4. The van der Waals surface area contributed by atoms with Crippen molar-refractivity contribution in [2.75, 3.05) is 5.32 Å². The molecule has 20 heavy (non-hydrogen) atoms. The Morgan fingerprint density at radius 1 is 1.20 bits per heavy atom. The van der Waals surface area contributed by atoms with Gasteiger partial charge in [0.2, 0.25) is 5.91 Å². The number of allylic oxidation sites excluding steroid dienone is 2. The zero-order valence-electron chi connectivity index (χ0n) is 10.4. The van der Waals surface area contributed by atoms with Crippen LogP contribution in [0.1, 0.15) is 6.42 Å². The number of anilines is 1. The Bertz CT molecular complexity index is 587. The lowest BCUT2D eigenvalue weighted by atomic mass is 9.82. The van der Waals surface area contributed by atoms with Crippen molar-refractivity contribution in [2.45, 2.75) is 6.42 Å². The number of carbonyl (C=O) groups excluding carboxylic acids is 1. The molecule has 1 heterocycles. The number of rotatable bonds is 3. The lowest BCUT2D eigenvalue weighted by Crippen LogP contribution is -2.36. The maximum absolute atomic E-state index is 12.3. The number of carboxylic acids is 1. The molecule has 1 saturated carbocycles. The number of aromatic nitrogens is 2. The molecule has 2 bridgehead atoms. The van der Waals surface area contributed by atoms with E-state index in [0.29, 0.717) is 0 Å². The van der Waals surface area contributed by atoms with E-state index in [1.165, 1.54) is 12.1 Å². The summed E-state index contributed by atoms with van der Waals surface area (Å²) in [5.41, 5.74) is 0. The second-order valence-corrected chi connectivity index (χ2v) is 5.46. The van der Waals surface area contributed by atoms with E-state index in [4.69, 9.17) is 11.6 Å². The van der Waals surface area contributed by atoms with E-state index in [-0.39, 0.29) is 28.7 Å². The highest BCUT2D eigenvalue weighted by molar-refractivity contribution is 6.29. The minimum absolute atomic E-state index is 0.0126. The number of nitrogens with zero attached hydrogens (tertiary/aromatic N) is 2. The quantitative estimate of drug-likeness (QED) is 0.826. The summed E-state index contributed by atoms with van der Waals surface area (Å²) in [6.07, 6.45) is 4.55. The van der Waals surface area contributed by atoms with Crippen LogP contribution in [0, 0.1) is 23.7 Å². The first-order chi connectivity index (χ1) is 9.56. The Hall–Kier alpha value is -1.95. The molecule has 3 rings (SSSR count). The molecule has 0 aliphatic heterocycles. The van der Waals surface area contributed by atoms with Gasteiger partial charge in [0.05, 0.1) is 11.8 Å². The van der Waals surface area contributed by atoms with Gasteiger partial charge in [0.15, 0.2) is 11.0 Å². The van der Waals surface area contributed by atoms with Gasteiger partial charge < -0.3 is 10.4 Å². The van der Waals surface area contributed by atoms with Gasteiger partial charge >= 0.3 is 5.97 Å². The molecule has 104 valence electrons. The van der Waals surface area contributed by atoms with Crippen LogP contribution in [0.4, 0.5) is 5.82 Å². The van der Waals surface area contributed by atoms with E-state index in [1.54, 1.807) is 0 Å². The van der Waals surface area contributed by atoms with Gasteiger partial charge in [0.25, 0.3) is 0 Å². The van der Waals surface area contributed by atoms with Crippen LogP contribution in [-0.2, 0) is 9.59 Å². The van der Waals surface area contributed by atoms with Gasteiger partial charge in [0, 0.05) is 0 Å². The summed E-state index contributed by atoms with van der Waals surface area (Å²) in [5.74, 6) is -2.26. The van der Waals surface area contributed by atoms with Crippen molar-refractivity contribution in [3.63, 3.8) is 0 Å². The number of carboxylic acid groups (broad SMARTS) is 1. The number of nitrogens with one attached hydrogen (secondary N) is 1. The van der Waals surface area contributed by atoms with Crippen LogP contribution < -0.4 is 5.32 Å². The minimum atomic E-state index is -0.927. The molecule has 2 aliphatic carbocycles. The fourth-order valence-electron chi connectivity index (χ4n) is 3.11. The van der Waals surface area contributed by atoms with Crippen molar-refractivity contribution in [1.82, 2.24) is 10.2 Å². The highest BCUT2D eigenvalue weighted by Crippen LogP contribution is 2.48. The van der Waals surface area contributed by atoms with E-state index in [2.05, 4.69) is 15.5 Å². The molecule has 1 fully saturated rings. The predicted octanol–water partition coefficient (Wildman–Crippen LogP) is 1.59. The van der Waals surface area contributed by atoms with Gasteiger partial charge in [-0.1, -0.05) is 23.8 Å². The van der Waals surface area contributed by atoms with Crippen LogP contribution in [0.25, 0.3) is 0 Å². The molecular weight excluding hydrogens is 282 g/mol. The number of fused-ring (bicyclic) bond motifs is 2. The molecule has 2 N–H and O–H groups in total. The maximum Gasteiger partial charge on any atom is 0.307 e. The fraction of sp³-hybridized carbons (Fsp3) is 0.385. The average molecular weight is 294 g/mol. The standard InChI is InChI=1S/C13H12ClN3O3/c14-8-3-4-9(17-16-8)15-12(18)10-6-1-2-7(5-6)11(10)13(19)20/h1-4,6-7,10-11H,5H2,(H,19,20)(H,15,17,18)/t6?,7?,10-,11+/m0/s1. The van der Waals surface area contributed by atoms with E-state index < -0.39 is 17.8 Å². The Morgan fingerprint density at radius 2 is 1.90 bits per heavy atom. The first-order valence-corrected chi connectivity index (χ1v) is 6.65. The van der Waals surface area contributed by atoms with Crippen molar-refractivity contribution in [3.05, 3.63) is 29.4 Å². The number of hydrogen-bond acceptors (Lipinski definition) is 4. The summed E-state index contributed by atoms with van der Waals surface area (Å²) >= 11 is 5.62. The molecular formula is C13H12ClN3O3. The molecule has 2 aliphatic rings.